The largest absolute Gasteiger partial charge is 0.313 e. The molecule has 0 heterocycles. The van der Waals surface area contributed by atoms with E-state index in [-0.39, 0.29) is 6.04 Å². The van der Waals surface area contributed by atoms with E-state index in [1.165, 1.54) is 57.1 Å². The summed E-state index contributed by atoms with van der Waals surface area (Å²) in [5.41, 5.74) is 0.885. The molecule has 2 fully saturated rings. The highest BCUT2D eigenvalue weighted by Gasteiger charge is 2.35. The molecule has 0 bridgehead atoms. The smallest absolute Gasteiger partial charge is 0.159 e. The maximum absolute atomic E-state index is 13.5. The van der Waals surface area contributed by atoms with Crippen molar-refractivity contribution in [2.45, 2.75) is 51.0 Å². The molecule has 0 amide bonds. The second-order valence-corrected chi connectivity index (χ2v) is 6.82. The molecule has 0 aromatic heterocycles. The van der Waals surface area contributed by atoms with Crippen molar-refractivity contribution in [3.05, 3.63) is 35.4 Å². The first-order chi connectivity index (χ1) is 10.2. The Morgan fingerprint density at radius 1 is 1.00 bits per heavy atom. The fourth-order valence-corrected chi connectivity index (χ4v) is 4.59. The summed E-state index contributed by atoms with van der Waals surface area (Å²) in [6, 6.07) is 4.49. The summed E-state index contributed by atoms with van der Waals surface area (Å²) in [5.74, 6) is 0.805. The minimum absolute atomic E-state index is 0.142. The molecule has 116 valence electrons. The molecule has 1 aromatic rings. The molecule has 2 saturated carbocycles. The van der Waals surface area contributed by atoms with Crippen LogP contribution in [-0.2, 0) is 0 Å². The van der Waals surface area contributed by atoms with E-state index in [2.05, 4.69) is 5.32 Å². The molecule has 0 radical (unpaired) electrons. The predicted molar refractivity (Wildman–Crippen MR) is 80.9 cm³/mol. The van der Waals surface area contributed by atoms with Crippen molar-refractivity contribution < 1.29 is 8.78 Å². The Kier molecular flexibility index (Phi) is 4.58. The summed E-state index contributed by atoms with van der Waals surface area (Å²) in [6.07, 6.45) is 9.24. The molecule has 3 rings (SSSR count). The second-order valence-electron chi connectivity index (χ2n) is 6.82. The summed E-state index contributed by atoms with van der Waals surface area (Å²) in [7, 11) is 1.93. The number of hydrogen-bond donors (Lipinski definition) is 1. The number of rotatable bonds is 3. The standard InChI is InChI=1S/C18H25F2N/c1-21-18(15-8-9-16(19)17(20)11-15)14-7-6-12-4-2-3-5-13(12)10-14/h8-9,11-14,18,21H,2-7,10H2,1H3. The first-order valence-corrected chi connectivity index (χ1v) is 8.31. The molecule has 3 heteroatoms. The average molecular weight is 293 g/mol. The van der Waals surface area contributed by atoms with Gasteiger partial charge in [0.2, 0.25) is 0 Å². The van der Waals surface area contributed by atoms with Crippen LogP contribution in [0.5, 0.6) is 0 Å². The van der Waals surface area contributed by atoms with E-state index in [0.717, 1.165) is 17.4 Å². The van der Waals surface area contributed by atoms with Gasteiger partial charge in [0.05, 0.1) is 0 Å². The Labute approximate surface area is 126 Å². The van der Waals surface area contributed by atoms with Crippen LogP contribution in [-0.4, -0.2) is 7.05 Å². The van der Waals surface area contributed by atoms with Crippen molar-refractivity contribution >= 4 is 0 Å². The monoisotopic (exact) mass is 293 g/mol. The summed E-state index contributed by atoms with van der Waals surface area (Å²) < 4.78 is 26.6. The summed E-state index contributed by atoms with van der Waals surface area (Å²) in [6.45, 7) is 0. The Bertz CT molecular complexity index is 488. The van der Waals surface area contributed by atoms with Crippen molar-refractivity contribution in [2.75, 3.05) is 7.05 Å². The molecule has 2 aliphatic carbocycles. The maximum atomic E-state index is 13.5. The maximum Gasteiger partial charge on any atom is 0.159 e. The number of halogens is 2. The topological polar surface area (TPSA) is 12.0 Å². The number of hydrogen-bond acceptors (Lipinski definition) is 1. The fourth-order valence-electron chi connectivity index (χ4n) is 4.59. The van der Waals surface area contributed by atoms with Crippen molar-refractivity contribution in [3.8, 4) is 0 Å². The van der Waals surface area contributed by atoms with Crippen molar-refractivity contribution in [1.29, 1.82) is 0 Å². The average Bonchev–Trinajstić information content (AvgIpc) is 2.51. The summed E-state index contributed by atoms with van der Waals surface area (Å²) >= 11 is 0. The van der Waals surface area contributed by atoms with Crippen LogP contribution in [0.25, 0.3) is 0 Å². The van der Waals surface area contributed by atoms with E-state index >= 15 is 0 Å². The molecule has 21 heavy (non-hydrogen) atoms. The van der Waals surface area contributed by atoms with Gasteiger partial charge in [-0.1, -0.05) is 31.7 Å². The van der Waals surface area contributed by atoms with E-state index in [9.17, 15) is 8.78 Å². The zero-order chi connectivity index (χ0) is 14.8. The van der Waals surface area contributed by atoms with Gasteiger partial charge in [0.1, 0.15) is 0 Å². The van der Waals surface area contributed by atoms with Crippen LogP contribution in [0.15, 0.2) is 18.2 Å². The Morgan fingerprint density at radius 2 is 1.76 bits per heavy atom. The zero-order valence-corrected chi connectivity index (χ0v) is 12.7. The lowest BCUT2D eigenvalue weighted by Crippen LogP contribution is -2.34. The van der Waals surface area contributed by atoms with Gasteiger partial charge in [-0.05, 0) is 61.8 Å². The molecular weight excluding hydrogens is 268 g/mol. The summed E-state index contributed by atoms with van der Waals surface area (Å²) in [5, 5.41) is 3.34. The van der Waals surface area contributed by atoms with Crippen LogP contribution in [0, 0.1) is 29.4 Å². The fraction of sp³-hybridized carbons (Fsp3) is 0.667. The molecule has 0 aliphatic heterocycles. The molecule has 0 spiro atoms. The van der Waals surface area contributed by atoms with Crippen LogP contribution in [0.2, 0.25) is 0 Å². The lowest BCUT2D eigenvalue weighted by molar-refractivity contribution is 0.111. The molecular formula is C18H25F2N. The van der Waals surface area contributed by atoms with Crippen LogP contribution < -0.4 is 5.32 Å². The summed E-state index contributed by atoms with van der Waals surface area (Å²) in [4.78, 5) is 0. The van der Waals surface area contributed by atoms with E-state index < -0.39 is 11.6 Å². The van der Waals surface area contributed by atoms with E-state index in [1.54, 1.807) is 6.07 Å². The van der Waals surface area contributed by atoms with E-state index in [4.69, 9.17) is 0 Å². The third kappa shape index (κ3) is 3.13. The van der Waals surface area contributed by atoms with Gasteiger partial charge < -0.3 is 5.32 Å². The highest BCUT2D eigenvalue weighted by atomic mass is 19.2. The SMILES string of the molecule is CNC(c1ccc(F)c(F)c1)C1CCC2CCCCC2C1. The van der Waals surface area contributed by atoms with Gasteiger partial charge in [-0.15, -0.1) is 0 Å². The lowest BCUT2D eigenvalue weighted by atomic mass is 9.65. The van der Waals surface area contributed by atoms with Gasteiger partial charge in [-0.2, -0.15) is 0 Å². The van der Waals surface area contributed by atoms with Crippen molar-refractivity contribution in [1.82, 2.24) is 5.32 Å². The van der Waals surface area contributed by atoms with Gasteiger partial charge >= 0.3 is 0 Å². The Morgan fingerprint density at radius 3 is 2.48 bits per heavy atom. The van der Waals surface area contributed by atoms with Crippen LogP contribution >= 0.6 is 0 Å². The Hall–Kier alpha value is -0.960. The quantitative estimate of drug-likeness (QED) is 0.841. The molecule has 1 aromatic carbocycles. The molecule has 1 nitrogen and oxygen atoms in total. The van der Waals surface area contributed by atoms with Crippen LogP contribution in [0.3, 0.4) is 0 Å². The van der Waals surface area contributed by atoms with Gasteiger partial charge in [0.15, 0.2) is 11.6 Å². The first kappa shape index (κ1) is 15.0. The predicted octanol–water partition coefficient (Wildman–Crippen LogP) is 4.83. The molecule has 4 unspecified atom stereocenters. The van der Waals surface area contributed by atoms with Gasteiger partial charge in [-0.3, -0.25) is 0 Å². The third-order valence-electron chi connectivity index (χ3n) is 5.67. The zero-order valence-electron chi connectivity index (χ0n) is 12.7. The second kappa shape index (κ2) is 6.43. The first-order valence-electron chi connectivity index (χ1n) is 8.31. The molecule has 2 aliphatic rings. The van der Waals surface area contributed by atoms with Gasteiger partial charge in [0.25, 0.3) is 0 Å². The highest BCUT2D eigenvalue weighted by molar-refractivity contribution is 5.22. The minimum atomic E-state index is -0.760. The van der Waals surface area contributed by atoms with Crippen LogP contribution in [0.1, 0.15) is 56.6 Å². The number of nitrogens with one attached hydrogen (secondary N) is 1. The van der Waals surface area contributed by atoms with Gasteiger partial charge in [0, 0.05) is 6.04 Å². The van der Waals surface area contributed by atoms with Crippen molar-refractivity contribution in [2.24, 2.45) is 17.8 Å². The van der Waals surface area contributed by atoms with E-state index in [1.807, 2.05) is 7.05 Å². The normalized spacial score (nSPS) is 30.7. The lowest BCUT2D eigenvalue weighted by Gasteiger charge is -2.42. The molecule has 1 N–H and O–H groups in total. The van der Waals surface area contributed by atoms with E-state index in [0.29, 0.717) is 5.92 Å². The number of fused-ring (bicyclic) bond motifs is 1. The third-order valence-corrected chi connectivity index (χ3v) is 5.67. The molecule has 0 saturated heterocycles. The Balaban J connectivity index is 1.75. The highest BCUT2D eigenvalue weighted by Crippen LogP contribution is 2.46. The van der Waals surface area contributed by atoms with Crippen LogP contribution in [0.4, 0.5) is 8.78 Å². The van der Waals surface area contributed by atoms with Gasteiger partial charge in [-0.25, -0.2) is 8.78 Å². The molecule has 4 atom stereocenters. The van der Waals surface area contributed by atoms with Crippen molar-refractivity contribution in [3.63, 3.8) is 0 Å². The minimum Gasteiger partial charge on any atom is -0.313 e. The number of benzene rings is 1.